The van der Waals surface area contributed by atoms with Gasteiger partial charge in [0.05, 0.1) is 20.8 Å². The number of barbiturate groups is 1. The van der Waals surface area contributed by atoms with Crippen LogP contribution in [0.3, 0.4) is 0 Å². The summed E-state index contributed by atoms with van der Waals surface area (Å²) in [6.45, 7) is 3.78. The zero-order valence-corrected chi connectivity index (χ0v) is 20.4. The molecule has 5 rings (SSSR count). The molecule has 0 unspecified atom stereocenters. The molecule has 0 atom stereocenters. The molecule has 3 heterocycles. The Kier molecular flexibility index (Phi) is 5.90. The number of aryl methyl sites for hydroxylation is 2. The van der Waals surface area contributed by atoms with Gasteiger partial charge in [-0.2, -0.15) is 0 Å². The number of fused-ring (bicyclic) bond motifs is 1. The third-order valence-electron chi connectivity index (χ3n) is 5.49. The Labute approximate surface area is 211 Å². The average Bonchev–Trinajstić information content (AvgIpc) is 3.44. The van der Waals surface area contributed by atoms with Crippen molar-refractivity contribution >= 4 is 68.6 Å². The van der Waals surface area contributed by atoms with E-state index >= 15 is 0 Å². The molecule has 4 aromatic rings. The van der Waals surface area contributed by atoms with E-state index in [0.29, 0.717) is 25.3 Å². The summed E-state index contributed by atoms with van der Waals surface area (Å²) in [5.74, 6) is -1.34. The number of anilines is 1. The Morgan fingerprint density at radius 1 is 1.08 bits per heavy atom. The largest absolute Gasteiger partial charge is 0.450 e. The fraction of sp³-hybridized carbons (Fsp3) is 0.0833. The van der Waals surface area contributed by atoms with Crippen LogP contribution in [0, 0.1) is 24.0 Å². The van der Waals surface area contributed by atoms with E-state index in [4.69, 9.17) is 4.42 Å². The Hall–Kier alpha value is -4.29. The van der Waals surface area contributed by atoms with Gasteiger partial charge in [-0.3, -0.25) is 25.0 Å². The second kappa shape index (κ2) is 9.06. The summed E-state index contributed by atoms with van der Waals surface area (Å²) >= 11 is 2.48. The number of rotatable bonds is 5. The number of nitro benzene ring substituents is 1. The lowest BCUT2D eigenvalue weighted by atomic mass is 10.1. The summed E-state index contributed by atoms with van der Waals surface area (Å²) in [5, 5.41) is 13.6. The maximum Gasteiger partial charge on any atom is 0.335 e. The third kappa shape index (κ3) is 4.39. The topological polar surface area (TPSA) is 136 Å². The van der Waals surface area contributed by atoms with E-state index in [-0.39, 0.29) is 17.0 Å². The summed E-state index contributed by atoms with van der Waals surface area (Å²) in [4.78, 5) is 53.8. The lowest BCUT2D eigenvalue weighted by Gasteiger charge is -2.26. The fourth-order valence-electron chi connectivity index (χ4n) is 3.50. The van der Waals surface area contributed by atoms with Crippen molar-refractivity contribution in [2.24, 2.45) is 0 Å². The van der Waals surface area contributed by atoms with Crippen LogP contribution in [0.4, 0.5) is 16.2 Å². The smallest absolute Gasteiger partial charge is 0.335 e. The number of amides is 4. The molecule has 0 aliphatic carbocycles. The summed E-state index contributed by atoms with van der Waals surface area (Å²) in [6, 6.07) is 12.0. The zero-order valence-electron chi connectivity index (χ0n) is 18.8. The van der Waals surface area contributed by atoms with Crippen molar-refractivity contribution in [2.45, 2.75) is 23.3 Å². The van der Waals surface area contributed by atoms with E-state index in [1.807, 2.05) is 13.8 Å². The van der Waals surface area contributed by atoms with Crippen LogP contribution < -0.4 is 10.2 Å². The van der Waals surface area contributed by atoms with Gasteiger partial charge >= 0.3 is 6.03 Å². The number of furan rings is 1. The first kappa shape index (κ1) is 23.5. The molecular weight excluding hydrogens is 504 g/mol. The maximum atomic E-state index is 13.1. The van der Waals surface area contributed by atoms with Gasteiger partial charge in [-0.1, -0.05) is 6.07 Å². The van der Waals surface area contributed by atoms with Gasteiger partial charge in [-0.15, -0.1) is 11.3 Å². The van der Waals surface area contributed by atoms with Crippen LogP contribution in [-0.2, 0) is 9.59 Å². The number of nitrogens with zero attached hydrogens (tertiary/aromatic N) is 3. The lowest BCUT2D eigenvalue weighted by molar-refractivity contribution is -0.384. The molecule has 12 heteroatoms. The van der Waals surface area contributed by atoms with E-state index in [2.05, 4.69) is 10.3 Å². The van der Waals surface area contributed by atoms with Gasteiger partial charge in [0.1, 0.15) is 11.3 Å². The lowest BCUT2D eigenvalue weighted by Crippen LogP contribution is -2.54. The van der Waals surface area contributed by atoms with Gasteiger partial charge in [0.2, 0.25) is 0 Å². The molecule has 0 radical (unpaired) electrons. The van der Waals surface area contributed by atoms with Gasteiger partial charge in [0.25, 0.3) is 17.5 Å². The number of nitrogens with one attached hydrogen (secondary N) is 1. The third-order valence-corrected chi connectivity index (χ3v) is 7.49. The monoisotopic (exact) mass is 520 g/mol. The highest BCUT2D eigenvalue weighted by Crippen LogP contribution is 2.36. The van der Waals surface area contributed by atoms with Gasteiger partial charge in [0.15, 0.2) is 9.43 Å². The van der Waals surface area contributed by atoms with Crippen LogP contribution in [0.2, 0.25) is 0 Å². The molecule has 4 amide bonds. The minimum absolute atomic E-state index is 0.0154. The molecule has 1 aliphatic heterocycles. The van der Waals surface area contributed by atoms with Crippen molar-refractivity contribution in [1.82, 2.24) is 10.3 Å². The van der Waals surface area contributed by atoms with Crippen LogP contribution in [0.25, 0.3) is 16.3 Å². The Balaban J connectivity index is 1.39. The first-order chi connectivity index (χ1) is 17.2. The van der Waals surface area contributed by atoms with E-state index < -0.39 is 22.8 Å². The van der Waals surface area contributed by atoms with Gasteiger partial charge in [-0.05, 0) is 73.1 Å². The highest BCUT2D eigenvalue weighted by atomic mass is 32.2. The number of benzene rings is 2. The molecule has 36 heavy (non-hydrogen) atoms. The molecule has 2 aromatic carbocycles. The minimum Gasteiger partial charge on any atom is -0.450 e. The highest BCUT2D eigenvalue weighted by molar-refractivity contribution is 8.01. The molecule has 0 bridgehead atoms. The second-order valence-electron chi connectivity index (χ2n) is 7.87. The van der Waals surface area contributed by atoms with Crippen molar-refractivity contribution in [2.75, 3.05) is 4.90 Å². The predicted molar refractivity (Wildman–Crippen MR) is 134 cm³/mol. The van der Waals surface area contributed by atoms with Gasteiger partial charge in [0, 0.05) is 12.1 Å². The second-order valence-corrected chi connectivity index (χ2v) is 10.2. The minimum atomic E-state index is -0.822. The van der Waals surface area contributed by atoms with Crippen LogP contribution >= 0.6 is 23.1 Å². The van der Waals surface area contributed by atoms with Crippen molar-refractivity contribution in [3.05, 3.63) is 81.1 Å². The molecule has 0 spiro atoms. The van der Waals surface area contributed by atoms with E-state index in [9.17, 15) is 24.5 Å². The predicted octanol–water partition coefficient (Wildman–Crippen LogP) is 5.23. The van der Waals surface area contributed by atoms with Crippen LogP contribution in [0.1, 0.15) is 16.9 Å². The first-order valence-corrected chi connectivity index (χ1v) is 12.1. The summed E-state index contributed by atoms with van der Waals surface area (Å²) in [6.07, 6.45) is 1.28. The number of imide groups is 2. The molecular formula is C24H16N4O6S2. The summed E-state index contributed by atoms with van der Waals surface area (Å²) in [5.41, 5.74) is 2.62. The number of non-ortho nitro benzene ring substituents is 1. The molecule has 1 N–H and O–H groups in total. The van der Waals surface area contributed by atoms with Gasteiger partial charge in [-0.25, -0.2) is 14.7 Å². The quantitative estimate of drug-likeness (QED) is 0.163. The van der Waals surface area contributed by atoms with Crippen molar-refractivity contribution in [3.63, 3.8) is 0 Å². The van der Waals surface area contributed by atoms with Crippen LogP contribution in [0.15, 0.2) is 68.0 Å². The van der Waals surface area contributed by atoms with Crippen molar-refractivity contribution < 1.29 is 23.7 Å². The number of hydrogen-bond acceptors (Lipinski definition) is 9. The van der Waals surface area contributed by atoms with Crippen LogP contribution in [-0.4, -0.2) is 27.8 Å². The molecule has 1 aliphatic rings. The normalized spacial score (nSPS) is 15.1. The number of nitro groups is 1. The Bertz CT molecular complexity index is 1620. The molecule has 2 aromatic heterocycles. The number of thiazole rings is 1. The molecule has 0 saturated carbocycles. The number of carbonyl (C=O) groups excluding carboxylic acids is 3. The van der Waals surface area contributed by atoms with Crippen LogP contribution in [0.5, 0.6) is 0 Å². The SMILES string of the molecule is Cc1ccc(N2C(=O)NC(=O)/C(=C\c3ccc(Sc4nc5ccc([N+](=O)[O-])cc5s4)o3)C2=O)cc1C. The molecule has 180 valence electrons. The Morgan fingerprint density at radius 2 is 1.89 bits per heavy atom. The van der Waals surface area contributed by atoms with E-state index in [1.165, 1.54) is 41.3 Å². The molecule has 1 saturated heterocycles. The van der Waals surface area contributed by atoms with Crippen molar-refractivity contribution in [3.8, 4) is 0 Å². The maximum absolute atomic E-state index is 13.1. The van der Waals surface area contributed by atoms with E-state index in [0.717, 1.165) is 16.0 Å². The highest BCUT2D eigenvalue weighted by Gasteiger charge is 2.37. The zero-order chi connectivity index (χ0) is 25.6. The fourth-order valence-corrected chi connectivity index (χ4v) is 5.50. The standard InChI is InChI=1S/C24H16N4O6S2/c1-12-3-4-14(9-13(12)2)27-22(30)17(21(29)26-23(27)31)11-16-6-8-20(34-16)36-24-25-18-7-5-15(28(32)33)10-19(18)35-24/h3-11H,1-2H3,(H,26,29,31)/b17-11+. The average molecular weight is 521 g/mol. The molecule has 10 nitrogen and oxygen atoms in total. The van der Waals surface area contributed by atoms with Crippen molar-refractivity contribution in [1.29, 1.82) is 0 Å². The number of carbonyl (C=O) groups is 3. The summed E-state index contributed by atoms with van der Waals surface area (Å²) < 4.78 is 7.03. The number of hydrogen-bond donors (Lipinski definition) is 1. The molecule has 1 fully saturated rings. The van der Waals surface area contributed by atoms with Gasteiger partial charge < -0.3 is 4.42 Å². The first-order valence-electron chi connectivity index (χ1n) is 10.5. The van der Waals surface area contributed by atoms with E-state index in [1.54, 1.807) is 36.4 Å². The Morgan fingerprint density at radius 3 is 2.64 bits per heavy atom. The summed E-state index contributed by atoms with van der Waals surface area (Å²) in [7, 11) is 0. The number of urea groups is 1. The number of aromatic nitrogens is 1.